The maximum absolute atomic E-state index is 9.74. The summed E-state index contributed by atoms with van der Waals surface area (Å²) in [6.45, 7) is 3.37. The van der Waals surface area contributed by atoms with E-state index in [1.807, 2.05) is 6.92 Å². The molecule has 0 radical (unpaired) electrons. The lowest BCUT2D eigenvalue weighted by atomic mass is 10.1. The van der Waals surface area contributed by atoms with Crippen LogP contribution in [0.2, 0.25) is 0 Å². The molecule has 8 heavy (non-hydrogen) atoms. The largest absolute Gasteiger partial charge is 0.457 e. The van der Waals surface area contributed by atoms with E-state index in [4.69, 9.17) is 4.74 Å². The summed E-state index contributed by atoms with van der Waals surface area (Å²) in [4.78, 5) is 9.74. The fourth-order valence-corrected chi connectivity index (χ4v) is 0.574. The zero-order chi connectivity index (χ0) is 6.04. The quantitative estimate of drug-likeness (QED) is 0.474. The molecule has 1 aliphatic rings. The smallest absolute Gasteiger partial charge is 0.293 e. The van der Waals surface area contributed by atoms with Crippen molar-refractivity contribution in [2.75, 3.05) is 13.2 Å². The molecule has 1 aliphatic heterocycles. The Hall–Kier alpha value is -0.570. The van der Waals surface area contributed by atoms with Crippen LogP contribution >= 0.6 is 0 Å². The first kappa shape index (κ1) is 5.56. The minimum atomic E-state index is -0.318. The summed E-state index contributed by atoms with van der Waals surface area (Å²) in [6.07, 6.45) is 0. The van der Waals surface area contributed by atoms with E-state index < -0.39 is 0 Å². The molecular weight excluding hydrogens is 108 g/mol. The predicted molar refractivity (Wildman–Crippen MR) is 26.4 cm³/mol. The van der Waals surface area contributed by atoms with E-state index in [2.05, 4.69) is 4.74 Å². The molecule has 3 nitrogen and oxygen atoms in total. The molecule has 0 amide bonds. The van der Waals surface area contributed by atoms with Crippen LogP contribution in [0.4, 0.5) is 0 Å². The van der Waals surface area contributed by atoms with E-state index in [0.717, 1.165) is 0 Å². The molecule has 1 saturated heterocycles. The number of hydrogen-bond acceptors (Lipinski definition) is 3. The molecule has 0 spiro atoms. The Morgan fingerprint density at radius 1 is 1.75 bits per heavy atom. The van der Waals surface area contributed by atoms with Crippen LogP contribution in [-0.2, 0) is 14.3 Å². The molecule has 0 saturated carbocycles. The summed E-state index contributed by atoms with van der Waals surface area (Å²) < 4.78 is 9.47. The van der Waals surface area contributed by atoms with Crippen LogP contribution in [0.15, 0.2) is 0 Å². The summed E-state index contributed by atoms with van der Waals surface area (Å²) >= 11 is 0. The van der Waals surface area contributed by atoms with Crippen molar-refractivity contribution < 1.29 is 14.3 Å². The fraction of sp³-hybridized carbons (Fsp3) is 0.800. The molecular formula is C5H8O3. The molecule has 1 rings (SSSR count). The number of hydrogen-bond donors (Lipinski definition) is 0. The summed E-state index contributed by atoms with van der Waals surface area (Å²) in [5.41, 5.74) is -0.318. The van der Waals surface area contributed by atoms with Crippen molar-refractivity contribution in [2.45, 2.75) is 12.5 Å². The Morgan fingerprint density at radius 2 is 2.38 bits per heavy atom. The molecule has 0 aromatic rings. The van der Waals surface area contributed by atoms with Crippen molar-refractivity contribution in [1.82, 2.24) is 0 Å². The second-order valence-electron chi connectivity index (χ2n) is 2.16. The monoisotopic (exact) mass is 116 g/mol. The average molecular weight is 116 g/mol. The van der Waals surface area contributed by atoms with Gasteiger partial charge >= 0.3 is 0 Å². The maximum Gasteiger partial charge on any atom is 0.293 e. The summed E-state index contributed by atoms with van der Waals surface area (Å²) in [7, 11) is 0. The molecule has 0 unspecified atom stereocenters. The summed E-state index contributed by atoms with van der Waals surface area (Å²) in [5, 5.41) is 0. The SMILES string of the molecule is CC1(OC=O)COC1. The Morgan fingerprint density at radius 3 is 2.50 bits per heavy atom. The highest BCUT2D eigenvalue weighted by Crippen LogP contribution is 2.18. The molecule has 46 valence electrons. The second-order valence-corrected chi connectivity index (χ2v) is 2.16. The predicted octanol–water partition coefficient (Wildman–Crippen LogP) is -0.0517. The Bertz CT molecular complexity index is 95.8. The van der Waals surface area contributed by atoms with Gasteiger partial charge in [0.05, 0.1) is 13.2 Å². The molecule has 1 heterocycles. The summed E-state index contributed by atoms with van der Waals surface area (Å²) in [5.74, 6) is 0. The first-order valence-electron chi connectivity index (χ1n) is 2.46. The van der Waals surface area contributed by atoms with Gasteiger partial charge in [-0.2, -0.15) is 0 Å². The van der Waals surface area contributed by atoms with Crippen molar-refractivity contribution in [3.05, 3.63) is 0 Å². The molecule has 1 fully saturated rings. The van der Waals surface area contributed by atoms with Gasteiger partial charge in [-0.05, 0) is 6.92 Å². The molecule has 0 atom stereocenters. The van der Waals surface area contributed by atoms with Crippen LogP contribution in [-0.4, -0.2) is 25.3 Å². The van der Waals surface area contributed by atoms with Crippen LogP contribution in [0.3, 0.4) is 0 Å². The molecule has 0 aromatic carbocycles. The Balaban J connectivity index is 2.29. The second kappa shape index (κ2) is 1.74. The highest BCUT2D eigenvalue weighted by molar-refractivity contribution is 5.38. The third-order valence-corrected chi connectivity index (χ3v) is 1.15. The number of carbonyl (C=O) groups excluding carboxylic acids is 1. The molecule has 0 aromatic heterocycles. The van der Waals surface area contributed by atoms with Crippen molar-refractivity contribution >= 4 is 6.47 Å². The zero-order valence-corrected chi connectivity index (χ0v) is 4.72. The Labute approximate surface area is 47.6 Å². The lowest BCUT2D eigenvalue weighted by Crippen LogP contribution is -2.48. The van der Waals surface area contributed by atoms with Crippen LogP contribution in [0, 0.1) is 0 Å². The van der Waals surface area contributed by atoms with E-state index in [1.165, 1.54) is 0 Å². The zero-order valence-electron chi connectivity index (χ0n) is 4.72. The van der Waals surface area contributed by atoms with E-state index >= 15 is 0 Å². The topological polar surface area (TPSA) is 35.5 Å². The van der Waals surface area contributed by atoms with Gasteiger partial charge in [-0.1, -0.05) is 0 Å². The van der Waals surface area contributed by atoms with Crippen LogP contribution < -0.4 is 0 Å². The number of ether oxygens (including phenoxy) is 2. The Kier molecular flexibility index (Phi) is 1.21. The van der Waals surface area contributed by atoms with E-state index in [1.54, 1.807) is 0 Å². The lowest BCUT2D eigenvalue weighted by Gasteiger charge is -2.35. The van der Waals surface area contributed by atoms with Crippen molar-refractivity contribution in [3.8, 4) is 0 Å². The standard InChI is InChI=1S/C5H8O3/c1-5(8-4-6)2-7-3-5/h4H,2-3H2,1H3. The van der Waals surface area contributed by atoms with Gasteiger partial charge in [0.2, 0.25) is 0 Å². The minimum absolute atomic E-state index is 0.318. The van der Waals surface area contributed by atoms with E-state index in [-0.39, 0.29) is 5.60 Å². The van der Waals surface area contributed by atoms with Gasteiger partial charge in [-0.25, -0.2) is 0 Å². The third-order valence-electron chi connectivity index (χ3n) is 1.15. The number of carbonyl (C=O) groups is 1. The summed E-state index contributed by atoms with van der Waals surface area (Å²) in [6, 6.07) is 0. The van der Waals surface area contributed by atoms with E-state index in [9.17, 15) is 4.79 Å². The fourth-order valence-electron chi connectivity index (χ4n) is 0.574. The molecule has 0 bridgehead atoms. The first-order valence-corrected chi connectivity index (χ1v) is 2.46. The molecule has 3 heteroatoms. The van der Waals surface area contributed by atoms with E-state index in [0.29, 0.717) is 19.7 Å². The van der Waals surface area contributed by atoms with Gasteiger partial charge < -0.3 is 9.47 Å². The average Bonchev–Trinajstić information content (AvgIpc) is 1.64. The first-order chi connectivity index (χ1) is 3.77. The van der Waals surface area contributed by atoms with Crippen molar-refractivity contribution in [2.24, 2.45) is 0 Å². The number of rotatable bonds is 2. The van der Waals surface area contributed by atoms with Gasteiger partial charge in [0.1, 0.15) is 0 Å². The van der Waals surface area contributed by atoms with Gasteiger partial charge in [-0.15, -0.1) is 0 Å². The van der Waals surface area contributed by atoms with Gasteiger partial charge in [0.15, 0.2) is 5.60 Å². The third kappa shape index (κ3) is 0.816. The molecule has 0 N–H and O–H groups in total. The van der Waals surface area contributed by atoms with Crippen LogP contribution in [0.1, 0.15) is 6.92 Å². The molecule has 0 aliphatic carbocycles. The van der Waals surface area contributed by atoms with Crippen LogP contribution in [0.5, 0.6) is 0 Å². The lowest BCUT2D eigenvalue weighted by molar-refractivity contribution is -0.194. The van der Waals surface area contributed by atoms with Crippen molar-refractivity contribution in [3.63, 3.8) is 0 Å². The normalized spacial score (nSPS) is 23.6. The van der Waals surface area contributed by atoms with Gasteiger partial charge in [0.25, 0.3) is 6.47 Å². The maximum atomic E-state index is 9.74. The van der Waals surface area contributed by atoms with Gasteiger partial charge in [0, 0.05) is 0 Å². The highest BCUT2D eigenvalue weighted by atomic mass is 16.6. The van der Waals surface area contributed by atoms with Crippen molar-refractivity contribution in [1.29, 1.82) is 0 Å². The van der Waals surface area contributed by atoms with Gasteiger partial charge in [-0.3, -0.25) is 4.79 Å². The highest BCUT2D eigenvalue weighted by Gasteiger charge is 2.34. The van der Waals surface area contributed by atoms with Crippen LogP contribution in [0.25, 0.3) is 0 Å². The minimum Gasteiger partial charge on any atom is -0.457 e.